The van der Waals surface area contributed by atoms with Gasteiger partial charge in [0.2, 0.25) is 5.91 Å². The minimum absolute atomic E-state index is 0.0538. The maximum atomic E-state index is 13.3. The molecule has 2 aromatic heterocycles. The Labute approximate surface area is 200 Å². The van der Waals surface area contributed by atoms with Gasteiger partial charge in [-0.05, 0) is 44.2 Å². The molecule has 8 nitrogen and oxygen atoms in total. The Balaban J connectivity index is 1.32. The molecule has 1 aliphatic rings. The van der Waals surface area contributed by atoms with E-state index in [0.717, 1.165) is 21.6 Å². The van der Waals surface area contributed by atoms with E-state index in [9.17, 15) is 9.59 Å². The summed E-state index contributed by atoms with van der Waals surface area (Å²) in [4.78, 5) is 29.0. The van der Waals surface area contributed by atoms with E-state index >= 15 is 0 Å². The van der Waals surface area contributed by atoms with Crippen molar-refractivity contribution in [1.82, 2.24) is 14.7 Å². The van der Waals surface area contributed by atoms with E-state index in [2.05, 4.69) is 10.4 Å². The molecule has 4 aromatic rings. The van der Waals surface area contributed by atoms with Gasteiger partial charge in [0.15, 0.2) is 11.5 Å². The van der Waals surface area contributed by atoms with E-state index in [1.54, 1.807) is 18.2 Å². The second kappa shape index (κ2) is 9.18. The van der Waals surface area contributed by atoms with Gasteiger partial charge in [-0.1, -0.05) is 18.2 Å². The molecule has 9 heteroatoms. The summed E-state index contributed by atoms with van der Waals surface area (Å²) in [7, 11) is 0. The summed E-state index contributed by atoms with van der Waals surface area (Å²) in [5.41, 5.74) is 2.39. The predicted molar refractivity (Wildman–Crippen MR) is 131 cm³/mol. The van der Waals surface area contributed by atoms with E-state index in [1.165, 1.54) is 16.2 Å². The summed E-state index contributed by atoms with van der Waals surface area (Å²) in [6.45, 7) is 5.12. The maximum absolute atomic E-state index is 13.3. The van der Waals surface area contributed by atoms with Crippen LogP contribution in [0.4, 0.5) is 5.69 Å². The van der Waals surface area contributed by atoms with Crippen molar-refractivity contribution in [3.63, 3.8) is 0 Å². The number of thiophene rings is 1. The van der Waals surface area contributed by atoms with Gasteiger partial charge in [-0.2, -0.15) is 5.10 Å². The predicted octanol–water partition coefficient (Wildman–Crippen LogP) is 4.27. The number of fused-ring (bicyclic) bond motifs is 2. The molecular weight excluding hydrogens is 452 g/mol. The van der Waals surface area contributed by atoms with Crippen molar-refractivity contribution >= 4 is 39.1 Å². The van der Waals surface area contributed by atoms with Crippen LogP contribution in [0.1, 0.15) is 22.3 Å². The molecule has 0 saturated heterocycles. The fourth-order valence-electron chi connectivity index (χ4n) is 3.87. The standard InChI is InChI=1S/C25H24N4O4S/c1-3-28(15-23(30)26-17-9-10-20-21(13-17)33-12-11-32-20)24(31)22-14-19-16(2)27-29(25(19)34-22)18-7-5-4-6-8-18/h4-10,13-14H,3,11-12,15H2,1-2H3,(H,26,30). The van der Waals surface area contributed by atoms with Gasteiger partial charge < -0.3 is 19.7 Å². The third-order valence-corrected chi connectivity index (χ3v) is 6.68. The second-order valence-electron chi connectivity index (χ2n) is 7.89. The molecule has 34 heavy (non-hydrogen) atoms. The van der Waals surface area contributed by atoms with Crippen LogP contribution in [0.25, 0.3) is 15.9 Å². The highest BCUT2D eigenvalue weighted by molar-refractivity contribution is 7.20. The number of nitrogens with one attached hydrogen (secondary N) is 1. The zero-order valence-electron chi connectivity index (χ0n) is 18.9. The summed E-state index contributed by atoms with van der Waals surface area (Å²) in [5.74, 6) is 0.795. The molecule has 174 valence electrons. The first kappa shape index (κ1) is 22.0. The highest BCUT2D eigenvalue weighted by Crippen LogP contribution is 2.33. The lowest BCUT2D eigenvalue weighted by atomic mass is 10.2. The number of hydrogen-bond donors (Lipinski definition) is 1. The minimum atomic E-state index is -0.278. The van der Waals surface area contributed by atoms with Gasteiger partial charge >= 0.3 is 0 Å². The van der Waals surface area contributed by atoms with Crippen LogP contribution in [0.15, 0.2) is 54.6 Å². The number of rotatable bonds is 6. The van der Waals surface area contributed by atoms with Crippen molar-refractivity contribution in [2.75, 3.05) is 31.6 Å². The Bertz CT molecular complexity index is 1360. The van der Waals surface area contributed by atoms with Gasteiger partial charge in [-0.15, -0.1) is 11.3 Å². The Morgan fingerprint density at radius 3 is 2.62 bits per heavy atom. The molecule has 1 N–H and O–H groups in total. The summed E-state index contributed by atoms with van der Waals surface area (Å²) >= 11 is 1.39. The molecule has 0 saturated carbocycles. The van der Waals surface area contributed by atoms with Crippen molar-refractivity contribution in [2.24, 2.45) is 0 Å². The van der Waals surface area contributed by atoms with E-state index in [0.29, 0.717) is 41.8 Å². The zero-order valence-corrected chi connectivity index (χ0v) is 19.7. The number of carbonyl (C=O) groups is 2. The zero-order chi connectivity index (χ0) is 23.7. The van der Waals surface area contributed by atoms with Crippen molar-refractivity contribution in [3.05, 3.63) is 65.2 Å². The summed E-state index contributed by atoms with van der Waals surface area (Å²) in [6.07, 6.45) is 0. The highest BCUT2D eigenvalue weighted by Gasteiger charge is 2.23. The Morgan fingerprint density at radius 1 is 1.09 bits per heavy atom. The average molecular weight is 477 g/mol. The number of benzene rings is 2. The van der Waals surface area contributed by atoms with Crippen molar-refractivity contribution < 1.29 is 19.1 Å². The summed E-state index contributed by atoms with van der Waals surface area (Å²) in [5, 5.41) is 8.41. The minimum Gasteiger partial charge on any atom is -0.486 e. The smallest absolute Gasteiger partial charge is 0.264 e. The largest absolute Gasteiger partial charge is 0.486 e. The lowest BCUT2D eigenvalue weighted by Gasteiger charge is -2.21. The number of aryl methyl sites for hydroxylation is 1. The molecule has 0 radical (unpaired) electrons. The quantitative estimate of drug-likeness (QED) is 0.449. The monoisotopic (exact) mass is 476 g/mol. The molecule has 0 fully saturated rings. The van der Waals surface area contributed by atoms with Crippen molar-refractivity contribution in [3.8, 4) is 17.2 Å². The van der Waals surface area contributed by atoms with Crippen molar-refractivity contribution in [2.45, 2.75) is 13.8 Å². The number of carbonyl (C=O) groups excluding carboxylic acids is 2. The normalized spacial score (nSPS) is 12.5. The molecule has 0 bridgehead atoms. The first-order valence-electron chi connectivity index (χ1n) is 11.1. The van der Waals surface area contributed by atoms with E-state index in [-0.39, 0.29) is 18.4 Å². The SMILES string of the molecule is CCN(CC(=O)Nc1ccc2c(c1)OCCO2)C(=O)c1cc2c(C)nn(-c3ccccc3)c2s1. The Hall–Kier alpha value is -3.85. The fourth-order valence-corrected chi connectivity index (χ4v) is 5.03. The molecule has 3 heterocycles. The molecule has 0 aliphatic carbocycles. The van der Waals surface area contributed by atoms with Crippen LogP contribution in [0.3, 0.4) is 0 Å². The van der Waals surface area contributed by atoms with E-state index in [4.69, 9.17) is 9.47 Å². The van der Waals surface area contributed by atoms with Crippen LogP contribution in [0, 0.1) is 6.92 Å². The first-order chi connectivity index (χ1) is 16.5. The van der Waals surface area contributed by atoms with E-state index < -0.39 is 0 Å². The number of ether oxygens (including phenoxy) is 2. The lowest BCUT2D eigenvalue weighted by Crippen LogP contribution is -2.37. The van der Waals surface area contributed by atoms with Gasteiger partial charge in [0.25, 0.3) is 5.91 Å². The summed E-state index contributed by atoms with van der Waals surface area (Å²) in [6, 6.07) is 16.9. The molecule has 1 aliphatic heterocycles. The van der Waals surface area contributed by atoms with Gasteiger partial charge in [0.1, 0.15) is 24.6 Å². The molecule has 2 amide bonds. The average Bonchev–Trinajstić information content (AvgIpc) is 3.43. The van der Waals surface area contributed by atoms with Gasteiger partial charge in [-0.3, -0.25) is 9.59 Å². The molecular formula is C25H24N4O4S. The van der Waals surface area contributed by atoms with Crippen LogP contribution in [-0.4, -0.2) is 52.8 Å². The van der Waals surface area contributed by atoms with Crippen LogP contribution < -0.4 is 14.8 Å². The number of likely N-dealkylation sites (N-methyl/N-ethyl adjacent to an activating group) is 1. The van der Waals surface area contributed by atoms with Crippen LogP contribution in [0.5, 0.6) is 11.5 Å². The molecule has 5 rings (SSSR count). The van der Waals surface area contributed by atoms with E-state index in [1.807, 2.05) is 54.9 Å². The van der Waals surface area contributed by atoms with Gasteiger partial charge in [-0.25, -0.2) is 4.68 Å². The number of para-hydroxylation sites is 1. The Morgan fingerprint density at radius 2 is 1.85 bits per heavy atom. The van der Waals surface area contributed by atoms with Crippen molar-refractivity contribution in [1.29, 1.82) is 0 Å². The first-order valence-corrected chi connectivity index (χ1v) is 11.9. The fraction of sp³-hybridized carbons (Fsp3) is 0.240. The number of anilines is 1. The molecule has 0 spiro atoms. The second-order valence-corrected chi connectivity index (χ2v) is 8.92. The molecule has 0 unspecified atom stereocenters. The lowest BCUT2D eigenvalue weighted by molar-refractivity contribution is -0.116. The number of aromatic nitrogens is 2. The third kappa shape index (κ3) is 4.22. The summed E-state index contributed by atoms with van der Waals surface area (Å²) < 4.78 is 12.9. The number of nitrogens with zero attached hydrogens (tertiary/aromatic N) is 3. The van der Waals surface area contributed by atoms with Crippen LogP contribution in [0.2, 0.25) is 0 Å². The number of hydrogen-bond acceptors (Lipinski definition) is 6. The highest BCUT2D eigenvalue weighted by atomic mass is 32.1. The topological polar surface area (TPSA) is 85.7 Å². The molecule has 0 atom stereocenters. The molecule has 2 aromatic carbocycles. The van der Waals surface area contributed by atoms with Crippen LogP contribution >= 0.6 is 11.3 Å². The van der Waals surface area contributed by atoms with Crippen LogP contribution in [-0.2, 0) is 4.79 Å². The van der Waals surface area contributed by atoms with Gasteiger partial charge in [0.05, 0.1) is 16.3 Å². The third-order valence-electron chi connectivity index (χ3n) is 5.59. The maximum Gasteiger partial charge on any atom is 0.264 e. The number of amides is 2. The van der Waals surface area contributed by atoms with Gasteiger partial charge in [0, 0.05) is 23.7 Å². The Kier molecular flexibility index (Phi) is 5.93.